The highest BCUT2D eigenvalue weighted by Crippen LogP contribution is 2.27. The van der Waals surface area contributed by atoms with Crippen LogP contribution in [-0.4, -0.2) is 46.2 Å². The van der Waals surface area contributed by atoms with Crippen LogP contribution in [0.15, 0.2) is 21.9 Å². The number of carbonyl (C=O) groups is 1. The number of ether oxygens (including phenoxy) is 3. The lowest BCUT2D eigenvalue weighted by atomic mass is 10.2. The van der Waals surface area contributed by atoms with Crippen molar-refractivity contribution in [2.45, 2.75) is 31.8 Å². The van der Waals surface area contributed by atoms with Crippen molar-refractivity contribution < 1.29 is 24.1 Å². The fourth-order valence-corrected chi connectivity index (χ4v) is 1.98. The molecule has 0 spiro atoms. The number of H-pyrrole nitrogens is 1. The minimum Gasteiger partial charge on any atom is -0.439 e. The van der Waals surface area contributed by atoms with Gasteiger partial charge in [-0.05, 0) is 0 Å². The number of rotatable bonds is 5. The predicted molar refractivity (Wildman–Crippen MR) is 68.4 cm³/mol. The molecule has 0 radical (unpaired) electrons. The van der Waals surface area contributed by atoms with Crippen molar-refractivity contribution in [2.24, 2.45) is 0 Å². The van der Waals surface area contributed by atoms with Crippen LogP contribution in [0, 0.1) is 0 Å². The van der Waals surface area contributed by atoms with Crippen molar-refractivity contribution in [3.05, 3.63) is 33.1 Å². The van der Waals surface area contributed by atoms with Crippen LogP contribution in [0.4, 0.5) is 0 Å². The van der Waals surface area contributed by atoms with E-state index in [1.807, 2.05) is 0 Å². The van der Waals surface area contributed by atoms with E-state index >= 15 is 0 Å². The van der Waals surface area contributed by atoms with Gasteiger partial charge in [-0.25, -0.2) is 4.79 Å². The molecule has 2 heterocycles. The van der Waals surface area contributed by atoms with Crippen LogP contribution in [-0.2, 0) is 19.0 Å². The SMILES string of the molecule is CC(=O)OCOC[C@H]1O[C@@H](n2ccc(=O)[nH]c2=O)C[C@@H]1O. The minimum atomic E-state index is -0.828. The molecule has 1 aromatic heterocycles. The molecular weight excluding hydrogens is 284 g/mol. The Morgan fingerprint density at radius 1 is 1.57 bits per heavy atom. The molecule has 1 fully saturated rings. The normalized spacial score (nSPS) is 25.0. The molecule has 1 aliphatic heterocycles. The van der Waals surface area contributed by atoms with Crippen LogP contribution >= 0.6 is 0 Å². The fourth-order valence-electron chi connectivity index (χ4n) is 1.98. The van der Waals surface area contributed by atoms with Gasteiger partial charge in [0.15, 0.2) is 6.79 Å². The van der Waals surface area contributed by atoms with Crippen molar-refractivity contribution >= 4 is 5.97 Å². The third-order valence-corrected chi connectivity index (χ3v) is 2.99. The first-order chi connectivity index (χ1) is 9.97. The maximum atomic E-state index is 11.6. The summed E-state index contributed by atoms with van der Waals surface area (Å²) in [6, 6.07) is 1.20. The Labute approximate surface area is 119 Å². The van der Waals surface area contributed by atoms with Gasteiger partial charge >= 0.3 is 11.7 Å². The molecule has 9 nitrogen and oxygen atoms in total. The Morgan fingerprint density at radius 3 is 3.00 bits per heavy atom. The summed E-state index contributed by atoms with van der Waals surface area (Å²) in [6.07, 6.45) is -0.670. The zero-order chi connectivity index (χ0) is 15.4. The first-order valence-corrected chi connectivity index (χ1v) is 6.33. The van der Waals surface area contributed by atoms with Gasteiger partial charge in [0.1, 0.15) is 12.3 Å². The van der Waals surface area contributed by atoms with Crippen LogP contribution in [0.5, 0.6) is 0 Å². The third-order valence-electron chi connectivity index (χ3n) is 2.99. The summed E-state index contributed by atoms with van der Waals surface area (Å²) in [7, 11) is 0. The summed E-state index contributed by atoms with van der Waals surface area (Å²) < 4.78 is 16.4. The Bertz CT molecular complexity index is 608. The highest BCUT2D eigenvalue weighted by molar-refractivity contribution is 5.65. The third kappa shape index (κ3) is 4.00. The van der Waals surface area contributed by atoms with E-state index in [0.29, 0.717) is 0 Å². The maximum Gasteiger partial charge on any atom is 0.330 e. The number of hydrogen-bond donors (Lipinski definition) is 2. The molecule has 1 saturated heterocycles. The first kappa shape index (κ1) is 15.4. The van der Waals surface area contributed by atoms with E-state index in [0.717, 1.165) is 0 Å². The molecular formula is C12H16N2O7. The fraction of sp³-hybridized carbons (Fsp3) is 0.583. The molecule has 116 valence electrons. The van der Waals surface area contributed by atoms with Crippen molar-refractivity contribution in [1.29, 1.82) is 0 Å². The minimum absolute atomic E-state index is 0.0169. The zero-order valence-corrected chi connectivity index (χ0v) is 11.4. The Balaban J connectivity index is 1.92. The van der Waals surface area contributed by atoms with E-state index in [9.17, 15) is 19.5 Å². The molecule has 0 aliphatic carbocycles. The van der Waals surface area contributed by atoms with Gasteiger partial charge < -0.3 is 19.3 Å². The van der Waals surface area contributed by atoms with E-state index in [1.165, 1.54) is 23.8 Å². The number of nitrogens with one attached hydrogen (secondary N) is 1. The molecule has 1 aliphatic rings. The van der Waals surface area contributed by atoms with Crippen molar-refractivity contribution in [1.82, 2.24) is 9.55 Å². The second kappa shape index (κ2) is 6.66. The quantitative estimate of drug-likeness (QED) is 0.395. The maximum absolute atomic E-state index is 11.6. The van der Waals surface area contributed by atoms with E-state index in [1.54, 1.807) is 0 Å². The van der Waals surface area contributed by atoms with Gasteiger partial charge in [-0.1, -0.05) is 0 Å². The second-order valence-corrected chi connectivity index (χ2v) is 4.57. The second-order valence-electron chi connectivity index (χ2n) is 4.57. The molecule has 2 N–H and O–H groups in total. The summed E-state index contributed by atoms with van der Waals surface area (Å²) >= 11 is 0. The summed E-state index contributed by atoms with van der Waals surface area (Å²) in [5.41, 5.74) is -1.11. The van der Waals surface area contributed by atoms with E-state index < -0.39 is 35.7 Å². The molecule has 3 atom stereocenters. The number of carbonyl (C=O) groups excluding carboxylic acids is 1. The molecule has 0 amide bonds. The Kier molecular flexibility index (Phi) is 4.89. The average Bonchev–Trinajstić information content (AvgIpc) is 2.75. The first-order valence-electron chi connectivity index (χ1n) is 6.33. The number of esters is 1. The van der Waals surface area contributed by atoms with Crippen molar-refractivity contribution in [3.8, 4) is 0 Å². The topological polar surface area (TPSA) is 120 Å². The van der Waals surface area contributed by atoms with Crippen LogP contribution < -0.4 is 11.2 Å². The lowest BCUT2D eigenvalue weighted by Gasteiger charge is -2.15. The van der Waals surface area contributed by atoms with E-state index in [2.05, 4.69) is 9.72 Å². The summed E-state index contributed by atoms with van der Waals surface area (Å²) in [6.45, 7) is 1.04. The van der Waals surface area contributed by atoms with Crippen LogP contribution in [0.2, 0.25) is 0 Å². The van der Waals surface area contributed by atoms with Crippen molar-refractivity contribution in [2.75, 3.05) is 13.4 Å². The van der Waals surface area contributed by atoms with Crippen LogP contribution in [0.25, 0.3) is 0 Å². The number of aliphatic hydroxyl groups is 1. The van der Waals surface area contributed by atoms with Gasteiger partial charge in [-0.2, -0.15) is 0 Å². The Hall–Kier alpha value is -1.97. The number of aliphatic hydroxyl groups excluding tert-OH is 1. The average molecular weight is 300 g/mol. The summed E-state index contributed by atoms with van der Waals surface area (Å²) in [4.78, 5) is 35.3. The van der Waals surface area contributed by atoms with Gasteiger partial charge in [0.25, 0.3) is 5.56 Å². The van der Waals surface area contributed by atoms with E-state index in [4.69, 9.17) is 9.47 Å². The lowest BCUT2D eigenvalue weighted by molar-refractivity contribution is -0.158. The smallest absolute Gasteiger partial charge is 0.330 e. The molecule has 9 heteroatoms. The van der Waals surface area contributed by atoms with Gasteiger partial charge in [-0.15, -0.1) is 0 Å². The number of aromatic nitrogens is 2. The standard InChI is InChI=1S/C12H16N2O7/c1-7(15)20-6-19-5-9-8(16)4-11(21-9)14-3-2-10(17)13-12(14)18/h2-3,8-9,11,16H,4-6H2,1H3,(H,13,17,18)/t8-,9+,11+/m0/s1. The Morgan fingerprint density at radius 2 is 2.33 bits per heavy atom. The largest absolute Gasteiger partial charge is 0.439 e. The predicted octanol–water partition coefficient (Wildman–Crippen LogP) is -1.28. The lowest BCUT2D eigenvalue weighted by Crippen LogP contribution is -2.32. The number of aromatic amines is 1. The highest BCUT2D eigenvalue weighted by atomic mass is 16.7. The zero-order valence-electron chi connectivity index (χ0n) is 11.4. The van der Waals surface area contributed by atoms with Crippen molar-refractivity contribution in [3.63, 3.8) is 0 Å². The number of nitrogens with zero attached hydrogens (tertiary/aromatic N) is 1. The molecule has 0 aromatic carbocycles. The van der Waals surface area contributed by atoms with Crippen LogP contribution in [0.3, 0.4) is 0 Å². The molecule has 21 heavy (non-hydrogen) atoms. The molecule has 2 rings (SSSR count). The molecule has 0 bridgehead atoms. The molecule has 0 saturated carbocycles. The van der Waals surface area contributed by atoms with Crippen LogP contribution in [0.1, 0.15) is 19.6 Å². The van der Waals surface area contributed by atoms with Gasteiger partial charge in [0.05, 0.1) is 12.7 Å². The molecule has 0 unspecified atom stereocenters. The highest BCUT2D eigenvalue weighted by Gasteiger charge is 2.35. The summed E-state index contributed by atoms with van der Waals surface area (Å²) in [5, 5.41) is 9.87. The van der Waals surface area contributed by atoms with Gasteiger partial charge in [0.2, 0.25) is 0 Å². The summed E-state index contributed by atoms with van der Waals surface area (Å²) in [5.74, 6) is -0.472. The monoisotopic (exact) mass is 300 g/mol. The van der Waals surface area contributed by atoms with Gasteiger partial charge in [0, 0.05) is 25.6 Å². The van der Waals surface area contributed by atoms with E-state index in [-0.39, 0.29) is 19.8 Å². The number of hydrogen-bond acceptors (Lipinski definition) is 7. The van der Waals surface area contributed by atoms with Gasteiger partial charge in [-0.3, -0.25) is 19.1 Å². The molecule has 1 aromatic rings.